The zero-order valence-electron chi connectivity index (χ0n) is 19.4. The van der Waals surface area contributed by atoms with Crippen molar-refractivity contribution in [2.45, 2.75) is 37.6 Å². The summed E-state index contributed by atoms with van der Waals surface area (Å²) in [5, 5.41) is 10.6. The predicted octanol–water partition coefficient (Wildman–Crippen LogP) is 4.01. The van der Waals surface area contributed by atoms with Crippen molar-refractivity contribution in [1.29, 1.82) is 0 Å². The molecule has 0 saturated heterocycles. The Hall–Kier alpha value is -4.25. The van der Waals surface area contributed by atoms with Crippen molar-refractivity contribution >= 4 is 11.8 Å². The molecule has 0 aliphatic heterocycles. The molecule has 10 heteroatoms. The molecule has 2 aromatic carbocycles. The third-order valence-electron chi connectivity index (χ3n) is 5.71. The van der Waals surface area contributed by atoms with E-state index in [4.69, 9.17) is 4.74 Å². The molecule has 2 aliphatic carbocycles. The van der Waals surface area contributed by atoms with Gasteiger partial charge in [0.2, 0.25) is 40.6 Å². The molecule has 0 heterocycles. The SMILES string of the molecule is O=C(Cc1ccc(COC2C#CC=CC#CC3(O)CCC=C2C3=O)cc1)Oc1c(F)c(F)c(F)c(F)c1F. The molecular formula is C28H17F5O5. The Balaban J connectivity index is 1.41. The van der Waals surface area contributed by atoms with Gasteiger partial charge in [-0.1, -0.05) is 54.0 Å². The van der Waals surface area contributed by atoms with Crippen molar-refractivity contribution < 1.29 is 46.1 Å². The van der Waals surface area contributed by atoms with Crippen LogP contribution in [0.5, 0.6) is 5.75 Å². The van der Waals surface area contributed by atoms with Gasteiger partial charge in [-0.25, -0.2) is 13.2 Å². The normalized spacial score (nSPS) is 20.0. The van der Waals surface area contributed by atoms with Crippen molar-refractivity contribution in [3.63, 3.8) is 0 Å². The summed E-state index contributed by atoms with van der Waals surface area (Å²) in [6, 6.07) is 6.07. The number of rotatable bonds is 6. The monoisotopic (exact) mass is 528 g/mol. The third kappa shape index (κ3) is 5.52. The lowest BCUT2D eigenvalue weighted by Gasteiger charge is -2.28. The van der Waals surface area contributed by atoms with E-state index in [0.717, 1.165) is 0 Å². The maximum atomic E-state index is 13.7. The van der Waals surface area contributed by atoms with Gasteiger partial charge in [-0.3, -0.25) is 9.59 Å². The number of aliphatic hydroxyl groups is 1. The average molecular weight is 528 g/mol. The number of hydrogen-bond donors (Lipinski definition) is 1. The molecule has 2 aliphatic rings. The fraction of sp³-hybridized carbons (Fsp3) is 0.214. The summed E-state index contributed by atoms with van der Waals surface area (Å²) in [7, 11) is 0. The van der Waals surface area contributed by atoms with E-state index in [2.05, 4.69) is 28.4 Å². The Labute approximate surface area is 213 Å². The number of benzene rings is 2. The highest BCUT2D eigenvalue weighted by Crippen LogP contribution is 2.30. The van der Waals surface area contributed by atoms with E-state index in [9.17, 15) is 36.6 Å². The fourth-order valence-corrected chi connectivity index (χ4v) is 3.73. The molecule has 2 bridgehead atoms. The Morgan fingerprint density at radius 1 is 0.947 bits per heavy atom. The maximum Gasteiger partial charge on any atom is 0.315 e. The molecule has 4 rings (SSSR count). The van der Waals surface area contributed by atoms with Gasteiger partial charge in [0, 0.05) is 5.57 Å². The van der Waals surface area contributed by atoms with Crippen LogP contribution in [-0.2, 0) is 27.4 Å². The number of hydrogen-bond acceptors (Lipinski definition) is 5. The number of carbonyl (C=O) groups excluding carboxylic acids is 2. The minimum atomic E-state index is -2.36. The van der Waals surface area contributed by atoms with Crippen LogP contribution < -0.4 is 4.74 Å². The lowest BCUT2D eigenvalue weighted by molar-refractivity contribution is -0.134. The summed E-state index contributed by atoms with van der Waals surface area (Å²) >= 11 is 0. The van der Waals surface area contributed by atoms with Crippen LogP contribution in [0, 0.1) is 52.8 Å². The Morgan fingerprint density at radius 2 is 1.55 bits per heavy atom. The first-order chi connectivity index (χ1) is 18.1. The average Bonchev–Trinajstić information content (AvgIpc) is 2.90. The first-order valence-corrected chi connectivity index (χ1v) is 11.2. The van der Waals surface area contributed by atoms with E-state index in [1.165, 1.54) is 24.3 Å². The van der Waals surface area contributed by atoms with Crippen LogP contribution >= 0.6 is 0 Å². The number of esters is 1. The van der Waals surface area contributed by atoms with Gasteiger partial charge in [-0.2, -0.15) is 8.78 Å². The van der Waals surface area contributed by atoms with E-state index < -0.39 is 64.7 Å². The highest BCUT2D eigenvalue weighted by molar-refractivity contribution is 6.06. The number of ketones is 1. The summed E-state index contributed by atoms with van der Waals surface area (Å²) < 4.78 is 77.5. The lowest BCUT2D eigenvalue weighted by atomic mass is 9.81. The van der Waals surface area contributed by atoms with E-state index >= 15 is 0 Å². The molecule has 0 aromatic heterocycles. The van der Waals surface area contributed by atoms with Crippen LogP contribution in [0.4, 0.5) is 22.0 Å². The number of halogens is 5. The molecule has 2 atom stereocenters. The lowest BCUT2D eigenvalue weighted by Crippen LogP contribution is -2.43. The molecule has 0 saturated carbocycles. The van der Waals surface area contributed by atoms with Crippen molar-refractivity contribution in [1.82, 2.24) is 0 Å². The second-order valence-corrected chi connectivity index (χ2v) is 8.34. The minimum Gasteiger partial charge on any atom is -0.420 e. The Morgan fingerprint density at radius 3 is 2.24 bits per heavy atom. The van der Waals surface area contributed by atoms with Gasteiger partial charge in [-0.15, -0.1) is 0 Å². The number of fused-ring (bicyclic) bond motifs is 2. The topological polar surface area (TPSA) is 72.8 Å². The number of allylic oxidation sites excluding steroid dienone is 3. The van der Waals surface area contributed by atoms with Gasteiger partial charge in [0.25, 0.3) is 0 Å². The summed E-state index contributed by atoms with van der Waals surface area (Å²) in [6.07, 6.45) is 3.66. The smallest absolute Gasteiger partial charge is 0.315 e. The van der Waals surface area contributed by atoms with E-state index in [0.29, 0.717) is 17.5 Å². The molecule has 5 nitrogen and oxygen atoms in total. The van der Waals surface area contributed by atoms with E-state index in [1.807, 2.05) is 0 Å². The summed E-state index contributed by atoms with van der Waals surface area (Å²) in [4.78, 5) is 24.9. The largest absolute Gasteiger partial charge is 0.420 e. The number of carbonyl (C=O) groups is 2. The van der Waals surface area contributed by atoms with Gasteiger partial charge >= 0.3 is 5.97 Å². The molecule has 0 fully saturated rings. The molecule has 38 heavy (non-hydrogen) atoms. The molecule has 0 amide bonds. The van der Waals surface area contributed by atoms with Crippen molar-refractivity contribution in [2.24, 2.45) is 0 Å². The van der Waals surface area contributed by atoms with Crippen LogP contribution in [0.25, 0.3) is 0 Å². The van der Waals surface area contributed by atoms with Crippen molar-refractivity contribution in [3.8, 4) is 29.4 Å². The maximum absolute atomic E-state index is 13.7. The minimum absolute atomic E-state index is 0.00687. The van der Waals surface area contributed by atoms with Gasteiger partial charge in [0.05, 0.1) is 13.0 Å². The summed E-state index contributed by atoms with van der Waals surface area (Å²) in [6.45, 7) is -0.00687. The second-order valence-electron chi connectivity index (χ2n) is 8.34. The fourth-order valence-electron chi connectivity index (χ4n) is 3.73. The van der Waals surface area contributed by atoms with E-state index in [-0.39, 0.29) is 18.6 Å². The van der Waals surface area contributed by atoms with Crippen LogP contribution in [0.3, 0.4) is 0 Å². The van der Waals surface area contributed by atoms with Crippen molar-refractivity contribution in [2.75, 3.05) is 0 Å². The predicted molar refractivity (Wildman–Crippen MR) is 123 cm³/mol. The molecule has 0 spiro atoms. The molecule has 2 unspecified atom stereocenters. The summed E-state index contributed by atoms with van der Waals surface area (Å²) in [5.41, 5.74) is -0.693. The van der Waals surface area contributed by atoms with Gasteiger partial charge in [0.1, 0.15) is 6.10 Å². The quantitative estimate of drug-likeness (QED) is 0.153. The van der Waals surface area contributed by atoms with Gasteiger partial charge in [-0.05, 0) is 36.1 Å². The van der Waals surface area contributed by atoms with Crippen LogP contribution in [0.15, 0.2) is 48.1 Å². The highest BCUT2D eigenvalue weighted by Gasteiger charge is 2.40. The van der Waals surface area contributed by atoms with Crippen LogP contribution in [0.1, 0.15) is 24.0 Å². The molecule has 1 N–H and O–H groups in total. The Bertz CT molecular complexity index is 1460. The third-order valence-corrected chi connectivity index (χ3v) is 5.71. The zero-order valence-corrected chi connectivity index (χ0v) is 19.4. The number of ether oxygens (including phenoxy) is 2. The standard InChI is InChI=1S/C28H17F5O5/c29-21-22(30)24(32)26(25(33)23(21)31)38-20(34)14-16-8-10-17(11-9-16)15-37-19-7-3-1-2-4-12-28(36)13-5-6-18(19)27(28)35/h1-2,6,8-11,19,36H,5,13-15H2. The second kappa shape index (κ2) is 11.0. The molecule has 194 valence electrons. The number of Topliss-reactive ketones (excluding diaryl/α,β-unsaturated/α-hetero) is 1. The first-order valence-electron chi connectivity index (χ1n) is 11.2. The van der Waals surface area contributed by atoms with E-state index in [1.54, 1.807) is 18.2 Å². The van der Waals surface area contributed by atoms with Crippen molar-refractivity contribution in [3.05, 3.63) is 88.3 Å². The Kier molecular flexibility index (Phi) is 7.77. The summed E-state index contributed by atoms with van der Waals surface area (Å²) in [5.74, 6) is -4.09. The molecular weight excluding hydrogens is 511 g/mol. The zero-order chi connectivity index (χ0) is 27.4. The van der Waals surface area contributed by atoms with Gasteiger partial charge in [0.15, 0.2) is 5.60 Å². The highest BCUT2D eigenvalue weighted by atomic mass is 19.2. The molecule has 0 radical (unpaired) electrons. The van der Waals surface area contributed by atoms with Crippen LogP contribution in [0.2, 0.25) is 0 Å². The van der Waals surface area contributed by atoms with Crippen LogP contribution in [-0.4, -0.2) is 28.6 Å². The first kappa shape index (κ1) is 26.8. The van der Waals surface area contributed by atoms with Gasteiger partial charge < -0.3 is 14.6 Å². The molecule has 2 aromatic rings.